The number of carbonyl (C=O) groups excluding carboxylic acids is 1. The Morgan fingerprint density at radius 2 is 1.39 bits per heavy atom. The Hall–Kier alpha value is -1.47. The van der Waals surface area contributed by atoms with Gasteiger partial charge in [-0.3, -0.25) is 4.79 Å². The van der Waals surface area contributed by atoms with Crippen molar-refractivity contribution in [1.29, 1.82) is 0 Å². The third-order valence-corrected chi connectivity index (χ3v) is 19.0. The van der Waals surface area contributed by atoms with Crippen LogP contribution in [0.15, 0.2) is 11.6 Å². The number of hydrogen-bond donors (Lipinski definition) is 12. The van der Waals surface area contributed by atoms with Gasteiger partial charge in [0.2, 0.25) is 6.29 Å². The molecule has 3 aliphatic heterocycles. The van der Waals surface area contributed by atoms with Crippen molar-refractivity contribution in [2.45, 2.75) is 204 Å². The Labute approximate surface area is 385 Å². The zero-order chi connectivity index (χ0) is 48.4. The van der Waals surface area contributed by atoms with E-state index >= 15 is 4.79 Å². The van der Waals surface area contributed by atoms with E-state index in [1.807, 2.05) is 6.92 Å². The minimum absolute atomic E-state index is 0.105. The molecule has 3 heterocycles. The van der Waals surface area contributed by atoms with Crippen molar-refractivity contribution in [3.05, 3.63) is 11.6 Å². The van der Waals surface area contributed by atoms with Gasteiger partial charge >= 0.3 is 5.97 Å². The van der Waals surface area contributed by atoms with Gasteiger partial charge in [-0.15, -0.1) is 0 Å². The Morgan fingerprint density at radius 3 is 2.06 bits per heavy atom. The van der Waals surface area contributed by atoms with Crippen LogP contribution in [-0.4, -0.2) is 191 Å². The number of allylic oxidation sites excluding steroid dienone is 2. The zero-order valence-corrected chi connectivity index (χ0v) is 39.1. The Balaban J connectivity index is 1.26. The minimum atomic E-state index is -1.85. The van der Waals surface area contributed by atoms with E-state index in [1.54, 1.807) is 0 Å². The summed E-state index contributed by atoms with van der Waals surface area (Å²) in [5.74, 6) is -1.69. The smallest absolute Gasteiger partial charge is 0.317 e. The van der Waals surface area contributed by atoms with Gasteiger partial charge in [0.15, 0.2) is 12.6 Å². The molecule has 8 rings (SSSR count). The van der Waals surface area contributed by atoms with Gasteiger partial charge in [0.1, 0.15) is 66.5 Å². The highest BCUT2D eigenvalue weighted by atomic mass is 16.8. The SMILES string of the molecule is C[C@@H]1O[C@@H](OC(=O)[C@]23CCC(C)(C)C[C@H]2C2=CC[C@@H]4[C@@]5(C)C[C@H](O)[C@H](O)[C@@](C)(CO)[C@@H]5CC[C@@]4(C)[C@]2(C)C[C@H]3O[C@@H]2O[C@H](CO)[C@@H](O)[C@H](O)[C@H]2O[C@@H]2OC[C@H](O)[C@H](O)[C@H]2O)[C@H](O)[C@H](O)[C@H]1O. The van der Waals surface area contributed by atoms with Crippen molar-refractivity contribution in [1.82, 2.24) is 0 Å². The fourth-order valence-corrected chi connectivity index (χ4v) is 14.8. The standard InChI is InChI=1S/C47H76O19/c1-20-29(52)32(55)35(58)39(62-20)66-41(60)47-13-12-42(2,3)14-22(47)21-8-9-27-43(4)15-23(50)37(59)44(5,19-49)26(43)10-11-45(27,6)46(21,7)16-28(47)64-40-36(33(56)31(54)25(17-48)63-40)65-38-34(57)30(53)24(51)18-61-38/h8,20,22-40,48-59H,9-19H2,1-7H3/t20-,22-,23-,24-,25+,26+,27+,28+,29-,30-,31+,32+,33-,34+,35+,36+,37-,38-,39-,40-,43-,44-,45+,46+,47+/m0/s1. The molecule has 8 aliphatic rings. The number of aliphatic hydroxyl groups is 12. The topological polar surface area (TPSA) is 315 Å². The lowest BCUT2D eigenvalue weighted by Crippen LogP contribution is -2.70. The Bertz CT molecular complexity index is 1820. The van der Waals surface area contributed by atoms with E-state index in [9.17, 15) is 61.3 Å². The molecule has 3 saturated heterocycles. The highest BCUT2D eigenvalue weighted by Crippen LogP contribution is 2.76. The number of ether oxygens (including phenoxy) is 6. The number of esters is 1. The highest BCUT2D eigenvalue weighted by molar-refractivity contribution is 5.80. The van der Waals surface area contributed by atoms with Gasteiger partial charge in [0.25, 0.3) is 0 Å². The second-order valence-corrected chi connectivity index (χ2v) is 23.1. The van der Waals surface area contributed by atoms with Crippen LogP contribution in [0.25, 0.3) is 0 Å². The molecular weight excluding hydrogens is 868 g/mol. The van der Waals surface area contributed by atoms with E-state index in [2.05, 4.69) is 40.7 Å². The third-order valence-electron chi connectivity index (χ3n) is 19.0. The Kier molecular flexibility index (Phi) is 13.6. The number of rotatable bonds is 8. The third kappa shape index (κ3) is 7.60. The lowest BCUT2D eigenvalue weighted by Gasteiger charge is -2.72. The molecule has 19 nitrogen and oxygen atoms in total. The van der Waals surface area contributed by atoms with Crippen molar-refractivity contribution in [2.75, 3.05) is 19.8 Å². The lowest BCUT2D eigenvalue weighted by molar-refractivity contribution is -0.371. The molecule has 0 aromatic heterocycles. The summed E-state index contributed by atoms with van der Waals surface area (Å²) in [6, 6.07) is 0. The van der Waals surface area contributed by atoms with E-state index in [0.717, 1.165) is 5.57 Å². The first kappa shape index (κ1) is 50.9. The average molecular weight is 945 g/mol. The van der Waals surface area contributed by atoms with E-state index in [-0.39, 0.29) is 36.7 Å². The molecule has 0 aromatic rings. The number of fused-ring (bicyclic) bond motifs is 7. The van der Waals surface area contributed by atoms with Crippen molar-refractivity contribution in [2.24, 2.45) is 50.2 Å². The molecule has 0 radical (unpaired) electrons. The van der Waals surface area contributed by atoms with Gasteiger partial charge < -0.3 is 89.7 Å². The summed E-state index contributed by atoms with van der Waals surface area (Å²) in [4.78, 5) is 15.6. The van der Waals surface area contributed by atoms with Crippen LogP contribution in [-0.2, 0) is 33.2 Å². The van der Waals surface area contributed by atoms with Crippen LogP contribution in [0, 0.1) is 50.2 Å². The number of hydrogen-bond acceptors (Lipinski definition) is 19. The summed E-state index contributed by atoms with van der Waals surface area (Å²) in [6.07, 6.45) is -20.6. The fraction of sp³-hybridized carbons (Fsp3) is 0.936. The summed E-state index contributed by atoms with van der Waals surface area (Å²) >= 11 is 0. The predicted octanol–water partition coefficient (Wildman–Crippen LogP) is -1.28. The highest BCUT2D eigenvalue weighted by Gasteiger charge is 2.73. The summed E-state index contributed by atoms with van der Waals surface area (Å²) in [6.45, 7) is 12.5. The van der Waals surface area contributed by atoms with Crippen molar-refractivity contribution in [3.8, 4) is 0 Å². The number of aliphatic hydroxyl groups excluding tert-OH is 12. The molecule has 7 fully saturated rings. The van der Waals surface area contributed by atoms with Crippen molar-refractivity contribution < 1.29 is 94.5 Å². The lowest BCUT2D eigenvalue weighted by atomic mass is 9.33. The molecule has 5 aliphatic carbocycles. The summed E-state index contributed by atoms with van der Waals surface area (Å²) in [7, 11) is 0. The van der Waals surface area contributed by atoms with Gasteiger partial charge in [-0.05, 0) is 97.7 Å². The summed E-state index contributed by atoms with van der Waals surface area (Å²) < 4.78 is 37.0. The molecule has 378 valence electrons. The van der Waals surface area contributed by atoms with Crippen LogP contribution in [0.1, 0.15) is 99.8 Å². The molecule has 12 N–H and O–H groups in total. The first-order chi connectivity index (χ1) is 30.8. The van der Waals surface area contributed by atoms with Crippen molar-refractivity contribution in [3.63, 3.8) is 0 Å². The van der Waals surface area contributed by atoms with Crippen LogP contribution in [0.4, 0.5) is 0 Å². The summed E-state index contributed by atoms with van der Waals surface area (Å²) in [5, 5.41) is 131. The summed E-state index contributed by atoms with van der Waals surface area (Å²) in [5.41, 5.74) is -3.84. The number of carbonyl (C=O) groups is 1. The van der Waals surface area contributed by atoms with Gasteiger partial charge in [0.05, 0.1) is 44.2 Å². The van der Waals surface area contributed by atoms with E-state index < -0.39 is 157 Å². The van der Waals surface area contributed by atoms with Gasteiger partial charge in [-0.25, -0.2) is 0 Å². The Morgan fingerprint density at radius 1 is 0.712 bits per heavy atom. The van der Waals surface area contributed by atoms with Crippen LogP contribution in [0.3, 0.4) is 0 Å². The molecule has 0 unspecified atom stereocenters. The maximum Gasteiger partial charge on any atom is 0.317 e. The van der Waals surface area contributed by atoms with E-state index in [0.29, 0.717) is 38.5 Å². The monoisotopic (exact) mass is 944 g/mol. The fourth-order valence-electron chi connectivity index (χ4n) is 14.8. The zero-order valence-electron chi connectivity index (χ0n) is 39.1. The van der Waals surface area contributed by atoms with Gasteiger partial charge in [-0.2, -0.15) is 0 Å². The quantitative estimate of drug-likeness (QED) is 0.0996. The van der Waals surface area contributed by atoms with Gasteiger partial charge in [0, 0.05) is 5.41 Å². The van der Waals surface area contributed by atoms with Crippen molar-refractivity contribution >= 4 is 5.97 Å². The molecule has 66 heavy (non-hydrogen) atoms. The van der Waals surface area contributed by atoms with Gasteiger partial charge in [-0.1, -0.05) is 53.2 Å². The second kappa shape index (κ2) is 17.7. The molecule has 25 atom stereocenters. The molecule has 0 bridgehead atoms. The maximum atomic E-state index is 15.6. The predicted molar refractivity (Wildman–Crippen MR) is 227 cm³/mol. The second-order valence-electron chi connectivity index (χ2n) is 23.1. The molecule has 0 spiro atoms. The maximum absolute atomic E-state index is 15.6. The van der Waals surface area contributed by atoms with E-state index in [4.69, 9.17) is 28.4 Å². The van der Waals surface area contributed by atoms with Crippen LogP contribution in [0.2, 0.25) is 0 Å². The molecular formula is C47H76O19. The van der Waals surface area contributed by atoms with E-state index in [1.165, 1.54) is 6.92 Å². The average Bonchev–Trinajstić information content (AvgIpc) is 3.26. The largest absolute Gasteiger partial charge is 0.432 e. The minimum Gasteiger partial charge on any atom is -0.432 e. The molecule has 4 saturated carbocycles. The van der Waals surface area contributed by atoms with Crippen LogP contribution < -0.4 is 0 Å². The normalized spacial score (nSPS) is 55.9. The first-order valence-electron chi connectivity index (χ1n) is 23.9. The molecule has 0 aromatic carbocycles. The van der Waals surface area contributed by atoms with Crippen LogP contribution in [0.5, 0.6) is 0 Å². The van der Waals surface area contributed by atoms with Crippen LogP contribution >= 0.6 is 0 Å². The first-order valence-corrected chi connectivity index (χ1v) is 23.9. The molecule has 19 heteroatoms. The molecule has 0 amide bonds.